The first-order valence-electron chi connectivity index (χ1n) is 29.5. The second-order valence-corrected chi connectivity index (χ2v) is 20.5. The van der Waals surface area contributed by atoms with Crippen LogP contribution in [0.1, 0.15) is 149 Å². The Morgan fingerprint density at radius 1 is 0.238 bits per heavy atom. The van der Waals surface area contributed by atoms with Crippen molar-refractivity contribution in [3.63, 3.8) is 0 Å². The van der Waals surface area contributed by atoms with Crippen LogP contribution in [-0.2, 0) is 38.5 Å². The molecule has 0 saturated heterocycles. The van der Waals surface area contributed by atoms with Crippen LogP contribution in [0.15, 0.2) is 102 Å². The van der Waals surface area contributed by atoms with E-state index in [2.05, 4.69) is 118 Å². The second-order valence-electron chi connectivity index (χ2n) is 20.5. The highest BCUT2D eigenvalue weighted by atomic mass is 16.5. The van der Waals surface area contributed by atoms with Crippen LogP contribution in [-0.4, -0.2) is 99.4 Å². The topological polar surface area (TPSA) is 330 Å². The molecule has 0 bridgehead atoms. The van der Waals surface area contributed by atoms with Crippen molar-refractivity contribution in [2.75, 3.05) is 39.6 Å². The molecule has 0 aliphatic rings. The lowest BCUT2D eigenvalue weighted by atomic mass is 10.0. The van der Waals surface area contributed by atoms with E-state index in [1.807, 2.05) is 15.0 Å². The van der Waals surface area contributed by atoms with Crippen molar-refractivity contribution < 1.29 is 28.4 Å². The monoisotopic (exact) mass is 1160 g/mol. The number of aromatic nitrogens is 12. The molecule has 24 nitrogen and oxygen atoms in total. The van der Waals surface area contributed by atoms with Crippen LogP contribution in [0, 0.1) is 0 Å². The first kappa shape index (κ1) is 62.9. The number of hydrogen-bond donors (Lipinski definition) is 6. The summed E-state index contributed by atoms with van der Waals surface area (Å²) in [5, 5.41) is 0. The Labute approximate surface area is 485 Å². The van der Waals surface area contributed by atoms with Crippen molar-refractivity contribution in [2.45, 2.75) is 154 Å². The molecule has 24 heteroatoms. The highest BCUT2D eigenvalue weighted by Gasteiger charge is 2.12. The number of nitrogens with zero attached hydrogens (tertiary/aromatic N) is 6. The lowest BCUT2D eigenvalue weighted by Crippen LogP contribution is -2.25. The largest absolute Gasteiger partial charge is 0.465 e. The highest BCUT2D eigenvalue weighted by Crippen LogP contribution is 2.19. The summed E-state index contributed by atoms with van der Waals surface area (Å²) >= 11 is 0. The molecular weight excluding hydrogens is 1080 g/mol. The molecule has 4 aromatic heterocycles. The minimum atomic E-state index is -0.734. The minimum absolute atomic E-state index is 0.0631. The maximum absolute atomic E-state index is 11.4. The molecular formula is C60H78N12O12. The third-order valence-corrected chi connectivity index (χ3v) is 13.6. The molecule has 84 heavy (non-hydrogen) atoms. The third kappa shape index (κ3) is 25.2. The van der Waals surface area contributed by atoms with Crippen molar-refractivity contribution in [3.05, 3.63) is 169 Å². The van der Waals surface area contributed by atoms with Crippen LogP contribution in [0.3, 0.4) is 0 Å². The molecule has 3 aromatic carbocycles. The van der Waals surface area contributed by atoms with Gasteiger partial charge in [0.15, 0.2) is 0 Å². The second kappa shape index (κ2) is 36.0. The fraction of sp³-hybridized carbons (Fsp3) is 0.500. The highest BCUT2D eigenvalue weighted by molar-refractivity contribution is 5.25. The minimum Gasteiger partial charge on any atom is -0.465 e. The Bertz CT molecular complexity index is 2930. The van der Waals surface area contributed by atoms with Gasteiger partial charge in [-0.3, -0.25) is 29.9 Å². The Balaban J connectivity index is 0.772. The van der Waals surface area contributed by atoms with Gasteiger partial charge < -0.3 is 28.4 Å². The van der Waals surface area contributed by atoms with Gasteiger partial charge in [0.25, 0.3) is 0 Å². The van der Waals surface area contributed by atoms with E-state index >= 15 is 0 Å². The van der Waals surface area contributed by atoms with Gasteiger partial charge >= 0.3 is 70.2 Å². The average molecular weight is 1160 g/mol. The lowest BCUT2D eigenvalue weighted by Gasteiger charge is -2.10. The number of rotatable bonds is 42. The number of nitrogens with one attached hydrogen (secondary N) is 6. The van der Waals surface area contributed by atoms with Gasteiger partial charge in [0.1, 0.15) is 0 Å². The Morgan fingerprint density at radius 3 is 0.643 bits per heavy atom. The zero-order valence-electron chi connectivity index (χ0n) is 47.7. The summed E-state index contributed by atoms with van der Waals surface area (Å²) in [5.74, 6) is 0. The number of H-pyrrole nitrogens is 6. The first-order chi connectivity index (χ1) is 41.1. The molecule has 0 aliphatic carbocycles. The molecule has 0 spiro atoms. The summed E-state index contributed by atoms with van der Waals surface area (Å²) in [4.78, 5) is 106. The van der Waals surface area contributed by atoms with E-state index in [1.165, 1.54) is 33.4 Å². The fourth-order valence-electron chi connectivity index (χ4n) is 9.10. The summed E-state index contributed by atoms with van der Waals surface area (Å²) in [6.45, 7) is 2.45. The van der Waals surface area contributed by atoms with Crippen molar-refractivity contribution in [1.29, 1.82) is 0 Å². The van der Waals surface area contributed by atoms with E-state index < -0.39 is 34.1 Å². The van der Waals surface area contributed by atoms with Crippen molar-refractivity contribution in [1.82, 2.24) is 59.8 Å². The molecule has 0 atom stereocenters. The van der Waals surface area contributed by atoms with Crippen LogP contribution in [0.4, 0.5) is 0 Å². The number of aromatic amines is 6. The predicted molar refractivity (Wildman–Crippen MR) is 314 cm³/mol. The molecule has 6 N–H and O–H groups in total. The molecule has 0 fully saturated rings. The van der Waals surface area contributed by atoms with Crippen LogP contribution >= 0.6 is 0 Å². The Hall–Kier alpha value is -8.70. The van der Waals surface area contributed by atoms with Gasteiger partial charge in [-0.2, -0.15) is 0 Å². The number of hydrogen-bond acceptors (Lipinski definition) is 18. The van der Waals surface area contributed by atoms with Crippen LogP contribution in [0.2, 0.25) is 0 Å². The Kier molecular flexibility index (Phi) is 27.0. The van der Waals surface area contributed by atoms with Gasteiger partial charge in [0, 0.05) is 0 Å². The molecule has 7 aromatic rings. The van der Waals surface area contributed by atoms with Gasteiger partial charge in [-0.25, -0.2) is 28.8 Å². The average Bonchev–Trinajstić information content (AvgIpc) is 3.48. The van der Waals surface area contributed by atoms with Crippen LogP contribution < -0.4 is 62.6 Å². The molecule has 0 amide bonds. The van der Waals surface area contributed by atoms with Crippen LogP contribution in [0.25, 0.3) is 0 Å². The first-order valence-corrected chi connectivity index (χ1v) is 29.5. The van der Waals surface area contributed by atoms with E-state index in [-0.39, 0.29) is 36.1 Å². The molecule has 450 valence electrons. The summed E-state index contributed by atoms with van der Waals surface area (Å²) < 4.78 is 34.4. The normalized spacial score (nSPS) is 11.1. The van der Waals surface area contributed by atoms with Gasteiger partial charge in [-0.15, -0.1) is 29.9 Å². The maximum atomic E-state index is 11.4. The van der Waals surface area contributed by atoms with E-state index in [0.717, 1.165) is 154 Å². The number of unbranched alkanes of at least 4 members (excludes halogenated alkanes) is 12. The molecule has 0 radical (unpaired) electrons. The van der Waals surface area contributed by atoms with Crippen LogP contribution in [0.5, 0.6) is 36.1 Å². The predicted octanol–water partition coefficient (Wildman–Crippen LogP) is 6.94. The third-order valence-electron chi connectivity index (χ3n) is 13.6. The maximum Gasteiger partial charge on any atom is 0.353 e. The zero-order chi connectivity index (χ0) is 58.8. The fourth-order valence-corrected chi connectivity index (χ4v) is 9.10. The van der Waals surface area contributed by atoms with Gasteiger partial charge in [0.2, 0.25) is 0 Å². The van der Waals surface area contributed by atoms with Crippen molar-refractivity contribution in [3.8, 4) is 36.1 Å². The van der Waals surface area contributed by atoms with Gasteiger partial charge in [-0.05, 0) is 187 Å². The summed E-state index contributed by atoms with van der Waals surface area (Å²) in [6.07, 6.45) is 22.4. The zero-order valence-corrected chi connectivity index (χ0v) is 47.7. The van der Waals surface area contributed by atoms with E-state index in [0.29, 0.717) is 39.6 Å². The smallest absolute Gasteiger partial charge is 0.353 e. The Morgan fingerprint density at radius 2 is 0.440 bits per heavy atom. The standard InChI is InChI=1S/C60H78N12O12/c73-49-61-50(74)65-55(64-49)79-37-13-1-7-19-43-25-31-46(32-26-43)22-10-4-16-40-82-58-70-59(83-41-17-5-11-23-47-33-27-44(28-34-47)20-8-2-14-38-80-56-66-51(75)62-52(76)67-56)72-60(71-58)84-42-18-6-12-24-48-35-29-45(30-36-48)21-9-3-15-39-81-57-68-53(77)63-54(78)69-57/h25-36H,1-24,37-42H2,(H2,61,64,65,73,74)(H2,62,66,67,75,76)(H2,63,68,69,77,78). The molecule has 0 saturated carbocycles. The van der Waals surface area contributed by atoms with Crippen molar-refractivity contribution in [2.24, 2.45) is 0 Å². The number of benzene rings is 3. The lowest BCUT2D eigenvalue weighted by molar-refractivity contribution is 0.228. The van der Waals surface area contributed by atoms with Gasteiger partial charge in [-0.1, -0.05) is 72.8 Å². The SMILES string of the molecule is O=c1nc(OCCCCCc2ccc(CCCCCOc3nc(OCCCCCc4ccc(CCCCCOc5nc(=O)[nH]c(=O)[nH]5)cc4)nc(OCCCCCc4ccc(CCCCCOc5nc(=O)[nH]c(=O)[nH]5)cc4)n3)cc2)[nH]c(=O)[nH]1. The molecule has 7 rings (SSSR count). The molecule has 4 heterocycles. The molecule has 0 aliphatic heterocycles. The summed E-state index contributed by atoms with van der Waals surface area (Å²) in [5.41, 5.74) is 3.59. The summed E-state index contributed by atoms with van der Waals surface area (Å²) in [6, 6.07) is 26.7. The number of aryl methyl sites for hydroxylation is 6. The van der Waals surface area contributed by atoms with Crippen molar-refractivity contribution >= 4 is 0 Å². The molecule has 0 unspecified atom stereocenters. The number of ether oxygens (including phenoxy) is 6. The quantitative estimate of drug-likeness (QED) is 0.0211. The van der Waals surface area contributed by atoms with Gasteiger partial charge in [0.05, 0.1) is 39.6 Å². The summed E-state index contributed by atoms with van der Waals surface area (Å²) in [7, 11) is 0. The van der Waals surface area contributed by atoms with E-state index in [9.17, 15) is 28.8 Å². The van der Waals surface area contributed by atoms with E-state index in [1.54, 1.807) is 0 Å². The van der Waals surface area contributed by atoms with E-state index in [4.69, 9.17) is 28.4 Å².